The van der Waals surface area contributed by atoms with Crippen molar-refractivity contribution in [1.82, 2.24) is 0 Å². The van der Waals surface area contributed by atoms with Gasteiger partial charge in [0, 0.05) is 0 Å². The van der Waals surface area contributed by atoms with Crippen LogP contribution in [0.5, 0.6) is 0 Å². The Bertz CT molecular complexity index is 23.6. The van der Waals surface area contributed by atoms with E-state index in [-0.39, 0.29) is 29.6 Å². The summed E-state index contributed by atoms with van der Waals surface area (Å²) >= 11 is 0. The van der Waals surface area contributed by atoms with Gasteiger partial charge in [-0.15, -0.1) is 0 Å². The van der Waals surface area contributed by atoms with Crippen LogP contribution in [-0.2, 0) is 0 Å². The van der Waals surface area contributed by atoms with Crippen LogP contribution in [0, 0.1) is 6.42 Å². The Hall–Kier alpha value is 1.00. The van der Waals surface area contributed by atoms with E-state index in [0.717, 1.165) is 0 Å². The Labute approximate surface area is 75.3 Å². The first-order valence-corrected chi connectivity index (χ1v) is 3.19. The van der Waals surface area contributed by atoms with E-state index < -0.39 is 0 Å². The number of rotatable bonds is 4. The van der Waals surface area contributed by atoms with Gasteiger partial charge in [-0.05, 0) is 0 Å². The second-order valence-corrected chi connectivity index (χ2v) is 1.90. The van der Waals surface area contributed by atoms with Gasteiger partial charge in [0.2, 0.25) is 0 Å². The maximum absolute atomic E-state index is 2.23. The fourth-order valence-electron chi connectivity index (χ4n) is 0.598. The standard InChI is InChI=1S/C7H15.Na/c1-3-5-7-6-4-2;/h3H,4-7H2,1-2H3;/q-1;+1. The van der Waals surface area contributed by atoms with Crippen molar-refractivity contribution < 1.29 is 29.6 Å². The summed E-state index contributed by atoms with van der Waals surface area (Å²) in [5.74, 6) is 0. The molecule has 0 rings (SSSR count). The molecule has 0 saturated heterocycles. The van der Waals surface area contributed by atoms with Crippen molar-refractivity contribution in [3.05, 3.63) is 6.42 Å². The summed E-state index contributed by atoms with van der Waals surface area (Å²) in [5, 5.41) is 0. The normalized spacial score (nSPS) is 8.25. The molecule has 0 aromatic carbocycles. The zero-order valence-electron chi connectivity index (χ0n) is 6.41. The molecular formula is C7H15Na. The number of hydrogen-bond donors (Lipinski definition) is 0. The average molecular weight is 122 g/mol. The molecule has 0 atom stereocenters. The molecule has 0 bridgehead atoms. The van der Waals surface area contributed by atoms with Gasteiger partial charge in [0.15, 0.2) is 0 Å². The smallest absolute Gasteiger partial charge is 0.332 e. The quantitative estimate of drug-likeness (QED) is 0.275. The molecule has 0 radical (unpaired) electrons. The van der Waals surface area contributed by atoms with Gasteiger partial charge in [-0.2, -0.15) is 13.3 Å². The fourth-order valence-corrected chi connectivity index (χ4v) is 0.598. The average Bonchev–Trinajstić information content (AvgIpc) is 1.69. The largest absolute Gasteiger partial charge is 1.00 e. The molecule has 0 aliphatic rings. The van der Waals surface area contributed by atoms with Crippen LogP contribution < -0.4 is 29.6 Å². The molecule has 0 saturated carbocycles. The van der Waals surface area contributed by atoms with Crippen LogP contribution in [0.1, 0.15) is 39.5 Å². The second kappa shape index (κ2) is 10.9. The van der Waals surface area contributed by atoms with Gasteiger partial charge in [-0.3, -0.25) is 0 Å². The Morgan fingerprint density at radius 3 is 2.25 bits per heavy atom. The van der Waals surface area contributed by atoms with Gasteiger partial charge in [-0.1, -0.05) is 26.2 Å². The van der Waals surface area contributed by atoms with E-state index in [1.807, 2.05) is 0 Å². The van der Waals surface area contributed by atoms with Gasteiger partial charge in [0.05, 0.1) is 0 Å². The summed E-state index contributed by atoms with van der Waals surface area (Å²) in [5.41, 5.74) is 0. The fraction of sp³-hybridized carbons (Fsp3) is 0.857. The van der Waals surface area contributed by atoms with Gasteiger partial charge < -0.3 is 6.42 Å². The second-order valence-electron chi connectivity index (χ2n) is 1.90. The first kappa shape index (κ1) is 11.8. The number of hydrogen-bond acceptors (Lipinski definition) is 0. The van der Waals surface area contributed by atoms with Crippen molar-refractivity contribution in [3.8, 4) is 0 Å². The van der Waals surface area contributed by atoms with Crippen molar-refractivity contribution in [2.24, 2.45) is 0 Å². The summed E-state index contributed by atoms with van der Waals surface area (Å²) in [7, 11) is 0. The molecule has 0 aromatic heterocycles. The van der Waals surface area contributed by atoms with Crippen LogP contribution in [0.15, 0.2) is 0 Å². The van der Waals surface area contributed by atoms with E-state index >= 15 is 0 Å². The molecular weight excluding hydrogens is 107 g/mol. The molecule has 0 nitrogen and oxygen atoms in total. The predicted octanol–water partition coefficient (Wildman–Crippen LogP) is -0.205. The zero-order valence-corrected chi connectivity index (χ0v) is 8.41. The Balaban J connectivity index is 0. The van der Waals surface area contributed by atoms with Crippen molar-refractivity contribution in [1.29, 1.82) is 0 Å². The van der Waals surface area contributed by atoms with Crippen molar-refractivity contribution >= 4 is 0 Å². The molecule has 0 aromatic rings. The minimum Gasteiger partial charge on any atom is -0.332 e. The van der Waals surface area contributed by atoms with E-state index in [9.17, 15) is 0 Å². The van der Waals surface area contributed by atoms with E-state index in [1.165, 1.54) is 25.7 Å². The molecule has 0 fully saturated rings. The van der Waals surface area contributed by atoms with Crippen LogP contribution >= 0.6 is 0 Å². The summed E-state index contributed by atoms with van der Waals surface area (Å²) in [4.78, 5) is 0. The van der Waals surface area contributed by atoms with E-state index in [0.29, 0.717) is 0 Å². The summed E-state index contributed by atoms with van der Waals surface area (Å²) in [6.45, 7) is 4.35. The zero-order chi connectivity index (χ0) is 5.54. The van der Waals surface area contributed by atoms with Crippen LogP contribution in [0.25, 0.3) is 0 Å². The van der Waals surface area contributed by atoms with Crippen LogP contribution in [0.3, 0.4) is 0 Å². The molecule has 0 aliphatic carbocycles. The Morgan fingerprint density at radius 1 is 1.25 bits per heavy atom. The number of unbranched alkanes of at least 4 members (excludes halogenated alkanes) is 4. The van der Waals surface area contributed by atoms with Gasteiger partial charge >= 0.3 is 29.6 Å². The first-order chi connectivity index (χ1) is 3.41. The molecule has 0 N–H and O–H groups in total. The molecule has 0 amide bonds. The molecule has 0 unspecified atom stereocenters. The minimum absolute atomic E-state index is 0. The third kappa shape index (κ3) is 10.1. The van der Waals surface area contributed by atoms with Crippen molar-refractivity contribution in [2.75, 3.05) is 0 Å². The van der Waals surface area contributed by atoms with Gasteiger partial charge in [0.25, 0.3) is 0 Å². The Morgan fingerprint density at radius 2 is 1.88 bits per heavy atom. The summed E-state index contributed by atoms with van der Waals surface area (Å²) in [6, 6.07) is 0. The summed E-state index contributed by atoms with van der Waals surface area (Å²) < 4.78 is 0. The van der Waals surface area contributed by atoms with E-state index in [2.05, 4.69) is 20.3 Å². The van der Waals surface area contributed by atoms with Gasteiger partial charge in [-0.25, -0.2) is 0 Å². The first-order valence-electron chi connectivity index (χ1n) is 3.19. The van der Waals surface area contributed by atoms with Crippen molar-refractivity contribution in [2.45, 2.75) is 39.5 Å². The molecule has 44 valence electrons. The van der Waals surface area contributed by atoms with E-state index in [1.54, 1.807) is 0 Å². The maximum Gasteiger partial charge on any atom is 1.00 e. The summed E-state index contributed by atoms with van der Waals surface area (Å²) in [6.07, 6.45) is 7.65. The van der Waals surface area contributed by atoms with Crippen molar-refractivity contribution in [3.63, 3.8) is 0 Å². The SMILES string of the molecule is C[CH-]CCCCC.[Na+]. The molecule has 8 heavy (non-hydrogen) atoms. The molecule has 1 heteroatoms. The van der Waals surface area contributed by atoms with Crippen LogP contribution in [0.4, 0.5) is 0 Å². The third-order valence-corrected chi connectivity index (χ3v) is 1.10. The van der Waals surface area contributed by atoms with Gasteiger partial charge in [0.1, 0.15) is 0 Å². The van der Waals surface area contributed by atoms with Crippen LogP contribution in [-0.4, -0.2) is 0 Å². The van der Waals surface area contributed by atoms with Crippen LogP contribution in [0.2, 0.25) is 0 Å². The minimum atomic E-state index is 0. The third-order valence-electron chi connectivity index (χ3n) is 1.10. The molecule has 0 aliphatic heterocycles. The molecule has 0 heterocycles. The topological polar surface area (TPSA) is 0 Å². The maximum atomic E-state index is 2.23. The Kier molecular flexibility index (Phi) is 16.0. The van der Waals surface area contributed by atoms with E-state index in [4.69, 9.17) is 0 Å². The monoisotopic (exact) mass is 122 g/mol. The molecule has 0 spiro atoms. The predicted molar refractivity (Wildman–Crippen MR) is 34.1 cm³/mol.